The highest BCUT2D eigenvalue weighted by molar-refractivity contribution is 9.10. The van der Waals surface area contributed by atoms with Crippen molar-refractivity contribution < 1.29 is 0 Å². The summed E-state index contributed by atoms with van der Waals surface area (Å²) in [7, 11) is 2.07. The highest BCUT2D eigenvalue weighted by Crippen LogP contribution is 2.34. The molecule has 0 aliphatic rings. The molecule has 0 aromatic heterocycles. The lowest BCUT2D eigenvalue weighted by Gasteiger charge is -2.29. The molecular weight excluding hydrogens is 336 g/mol. The quantitative estimate of drug-likeness (QED) is 0.769. The van der Waals surface area contributed by atoms with Crippen LogP contribution in [-0.2, 0) is 0 Å². The Kier molecular flexibility index (Phi) is 4.61. The van der Waals surface area contributed by atoms with Gasteiger partial charge in [-0.3, -0.25) is 0 Å². The zero-order valence-corrected chi connectivity index (χ0v) is 14.2. The van der Waals surface area contributed by atoms with Gasteiger partial charge in [-0.2, -0.15) is 0 Å². The molecular formula is C16H18BrClN2. The van der Waals surface area contributed by atoms with E-state index in [9.17, 15) is 0 Å². The van der Waals surface area contributed by atoms with Gasteiger partial charge in [-0.15, -0.1) is 0 Å². The lowest BCUT2D eigenvalue weighted by atomic mass is 10.1. The third-order valence-electron chi connectivity index (χ3n) is 3.63. The van der Waals surface area contributed by atoms with Crippen molar-refractivity contribution in [1.29, 1.82) is 0 Å². The first-order valence-electron chi connectivity index (χ1n) is 6.44. The van der Waals surface area contributed by atoms with Crippen LogP contribution < -0.4 is 10.6 Å². The summed E-state index contributed by atoms with van der Waals surface area (Å²) >= 11 is 9.66. The van der Waals surface area contributed by atoms with Crippen molar-refractivity contribution in [2.24, 2.45) is 0 Å². The molecule has 106 valence electrons. The lowest BCUT2D eigenvalue weighted by Crippen LogP contribution is -2.22. The number of halogens is 2. The zero-order valence-electron chi connectivity index (χ0n) is 11.8. The van der Waals surface area contributed by atoms with E-state index in [4.69, 9.17) is 17.3 Å². The minimum absolute atomic E-state index is 0.216. The summed E-state index contributed by atoms with van der Waals surface area (Å²) in [6.45, 7) is 4.17. The second kappa shape index (κ2) is 6.06. The Hall–Kier alpha value is -1.19. The number of nitrogens with zero attached hydrogens (tertiary/aromatic N) is 1. The van der Waals surface area contributed by atoms with E-state index in [2.05, 4.69) is 46.9 Å². The molecule has 2 aromatic rings. The van der Waals surface area contributed by atoms with E-state index >= 15 is 0 Å². The van der Waals surface area contributed by atoms with Crippen LogP contribution in [0.15, 0.2) is 40.9 Å². The molecule has 2 rings (SSSR count). The fourth-order valence-corrected chi connectivity index (χ4v) is 2.99. The smallest absolute Gasteiger partial charge is 0.0517 e. The number of aryl methyl sites for hydroxylation is 1. The summed E-state index contributed by atoms with van der Waals surface area (Å²) in [5.74, 6) is 0. The van der Waals surface area contributed by atoms with Crippen LogP contribution >= 0.6 is 27.5 Å². The Labute approximate surface area is 133 Å². The summed E-state index contributed by atoms with van der Waals surface area (Å²) in [4.78, 5) is 2.21. The molecule has 0 bridgehead atoms. The molecule has 0 aliphatic heterocycles. The van der Waals surface area contributed by atoms with E-state index in [0.29, 0.717) is 0 Å². The summed E-state index contributed by atoms with van der Waals surface area (Å²) in [6.07, 6.45) is 0. The molecule has 2 N–H and O–H groups in total. The Balaban J connectivity index is 2.36. The van der Waals surface area contributed by atoms with Crippen LogP contribution in [0.2, 0.25) is 5.02 Å². The van der Waals surface area contributed by atoms with Crippen molar-refractivity contribution in [2.75, 3.05) is 17.7 Å². The van der Waals surface area contributed by atoms with Crippen LogP contribution in [0.25, 0.3) is 0 Å². The van der Waals surface area contributed by atoms with Crippen LogP contribution in [0.5, 0.6) is 0 Å². The standard InChI is InChI=1S/C16H18BrClN2/c1-10-7-16(14(17)9-15(10)19)20(3)11(2)12-5-4-6-13(18)8-12/h4-9,11H,19H2,1-3H3. The van der Waals surface area contributed by atoms with Crippen molar-refractivity contribution in [3.8, 4) is 0 Å². The summed E-state index contributed by atoms with van der Waals surface area (Å²) < 4.78 is 0.997. The van der Waals surface area contributed by atoms with Crippen molar-refractivity contribution in [3.05, 3.63) is 57.0 Å². The molecule has 4 heteroatoms. The number of benzene rings is 2. The third kappa shape index (κ3) is 3.10. The predicted molar refractivity (Wildman–Crippen MR) is 91.6 cm³/mol. The highest BCUT2D eigenvalue weighted by Gasteiger charge is 2.16. The first-order chi connectivity index (χ1) is 9.40. The second-order valence-electron chi connectivity index (χ2n) is 5.00. The van der Waals surface area contributed by atoms with Gasteiger partial charge >= 0.3 is 0 Å². The molecule has 0 saturated carbocycles. The van der Waals surface area contributed by atoms with Crippen molar-refractivity contribution in [3.63, 3.8) is 0 Å². The molecule has 0 spiro atoms. The molecule has 20 heavy (non-hydrogen) atoms. The zero-order chi connectivity index (χ0) is 14.9. The normalized spacial score (nSPS) is 12.2. The second-order valence-corrected chi connectivity index (χ2v) is 6.29. The topological polar surface area (TPSA) is 29.3 Å². The van der Waals surface area contributed by atoms with Gasteiger partial charge in [0.15, 0.2) is 0 Å². The monoisotopic (exact) mass is 352 g/mol. The van der Waals surface area contributed by atoms with E-state index in [1.54, 1.807) is 0 Å². The maximum absolute atomic E-state index is 6.07. The molecule has 0 saturated heterocycles. The largest absolute Gasteiger partial charge is 0.398 e. The van der Waals surface area contributed by atoms with E-state index in [-0.39, 0.29) is 6.04 Å². The summed E-state index contributed by atoms with van der Waals surface area (Å²) in [5, 5.41) is 0.760. The van der Waals surface area contributed by atoms with Gasteiger partial charge in [0, 0.05) is 22.2 Å². The third-order valence-corrected chi connectivity index (χ3v) is 4.50. The van der Waals surface area contributed by atoms with Crippen LogP contribution in [0.4, 0.5) is 11.4 Å². The van der Waals surface area contributed by atoms with Gasteiger partial charge in [0.2, 0.25) is 0 Å². The van der Waals surface area contributed by atoms with Gasteiger partial charge in [-0.1, -0.05) is 23.7 Å². The van der Waals surface area contributed by atoms with Gasteiger partial charge in [0.1, 0.15) is 0 Å². The lowest BCUT2D eigenvalue weighted by molar-refractivity contribution is 0.738. The van der Waals surface area contributed by atoms with E-state index in [0.717, 1.165) is 26.4 Å². The van der Waals surface area contributed by atoms with E-state index < -0.39 is 0 Å². The van der Waals surface area contributed by atoms with Crippen molar-refractivity contribution in [2.45, 2.75) is 19.9 Å². The van der Waals surface area contributed by atoms with Gasteiger partial charge < -0.3 is 10.6 Å². The number of nitrogen functional groups attached to an aromatic ring is 1. The minimum atomic E-state index is 0.216. The minimum Gasteiger partial charge on any atom is -0.398 e. The summed E-state index contributed by atoms with van der Waals surface area (Å²) in [6, 6.07) is 12.2. The summed E-state index contributed by atoms with van der Waals surface area (Å²) in [5.41, 5.74) is 10.1. The van der Waals surface area contributed by atoms with Crippen LogP contribution in [0.1, 0.15) is 24.1 Å². The molecule has 1 atom stereocenters. The Morgan fingerprint density at radius 1 is 1.25 bits per heavy atom. The molecule has 1 unspecified atom stereocenters. The maximum atomic E-state index is 6.07. The molecule has 2 aromatic carbocycles. The average molecular weight is 354 g/mol. The van der Waals surface area contributed by atoms with Gasteiger partial charge in [0.05, 0.1) is 11.7 Å². The fourth-order valence-electron chi connectivity index (χ4n) is 2.15. The molecule has 2 nitrogen and oxygen atoms in total. The van der Waals surface area contributed by atoms with Crippen LogP contribution in [0.3, 0.4) is 0 Å². The Bertz CT molecular complexity index is 628. The van der Waals surface area contributed by atoms with Crippen molar-refractivity contribution in [1.82, 2.24) is 0 Å². The SMILES string of the molecule is Cc1cc(N(C)C(C)c2cccc(Cl)c2)c(Br)cc1N. The average Bonchev–Trinajstić information content (AvgIpc) is 2.41. The Morgan fingerprint density at radius 2 is 1.95 bits per heavy atom. The van der Waals surface area contributed by atoms with Gasteiger partial charge in [0.25, 0.3) is 0 Å². The number of hydrogen-bond donors (Lipinski definition) is 1. The van der Waals surface area contributed by atoms with Crippen LogP contribution in [0, 0.1) is 6.92 Å². The number of rotatable bonds is 3. The first kappa shape index (κ1) is 15.2. The molecule has 0 heterocycles. The number of nitrogens with two attached hydrogens (primary N) is 1. The number of anilines is 2. The van der Waals surface area contributed by atoms with Crippen molar-refractivity contribution >= 4 is 38.9 Å². The van der Waals surface area contributed by atoms with E-state index in [1.807, 2.05) is 31.2 Å². The fraction of sp³-hybridized carbons (Fsp3) is 0.250. The Morgan fingerprint density at radius 3 is 2.60 bits per heavy atom. The van der Waals surface area contributed by atoms with Crippen LogP contribution in [-0.4, -0.2) is 7.05 Å². The molecule has 0 amide bonds. The maximum Gasteiger partial charge on any atom is 0.0517 e. The van der Waals surface area contributed by atoms with Gasteiger partial charge in [-0.05, 0) is 65.2 Å². The highest BCUT2D eigenvalue weighted by atomic mass is 79.9. The molecule has 0 radical (unpaired) electrons. The first-order valence-corrected chi connectivity index (χ1v) is 7.61. The molecule has 0 fully saturated rings. The van der Waals surface area contributed by atoms with Gasteiger partial charge in [-0.25, -0.2) is 0 Å². The number of hydrogen-bond acceptors (Lipinski definition) is 2. The van der Waals surface area contributed by atoms with E-state index in [1.165, 1.54) is 5.56 Å². The molecule has 0 aliphatic carbocycles. The predicted octanol–water partition coefficient (Wildman–Crippen LogP) is 5.19.